The van der Waals surface area contributed by atoms with Crippen molar-refractivity contribution in [1.29, 1.82) is 0 Å². The zero-order valence-electron chi connectivity index (χ0n) is 12.8. The van der Waals surface area contributed by atoms with E-state index in [0.29, 0.717) is 6.54 Å². The molecule has 22 heavy (non-hydrogen) atoms. The molecule has 1 aromatic rings. The summed E-state index contributed by atoms with van der Waals surface area (Å²) in [6, 6.07) is 10.5. The van der Waals surface area contributed by atoms with Gasteiger partial charge in [0.05, 0.1) is 6.54 Å². The summed E-state index contributed by atoms with van der Waals surface area (Å²) in [5.74, 6) is -0.489. The topological polar surface area (TPSA) is 69.6 Å². The van der Waals surface area contributed by atoms with Crippen LogP contribution in [0, 0.1) is 5.92 Å². The van der Waals surface area contributed by atoms with Gasteiger partial charge in [0.25, 0.3) is 0 Å². The lowest BCUT2D eigenvalue weighted by Gasteiger charge is -2.31. The van der Waals surface area contributed by atoms with E-state index in [0.717, 1.165) is 38.3 Å². The van der Waals surface area contributed by atoms with E-state index in [1.54, 1.807) is 0 Å². The fourth-order valence-corrected chi connectivity index (χ4v) is 2.88. The third-order valence-corrected chi connectivity index (χ3v) is 4.20. The van der Waals surface area contributed by atoms with Crippen molar-refractivity contribution in [3.63, 3.8) is 0 Å². The summed E-state index contributed by atoms with van der Waals surface area (Å²) in [6.45, 7) is 1.84. The summed E-state index contributed by atoms with van der Waals surface area (Å²) in [5.41, 5.74) is 1.39. The van der Waals surface area contributed by atoms with Crippen molar-refractivity contribution in [2.24, 2.45) is 5.92 Å². The van der Waals surface area contributed by atoms with Gasteiger partial charge in [-0.05, 0) is 50.3 Å². The van der Waals surface area contributed by atoms with Gasteiger partial charge < -0.3 is 10.4 Å². The molecule has 0 bridgehead atoms. The zero-order chi connectivity index (χ0) is 15.8. The summed E-state index contributed by atoms with van der Waals surface area (Å²) in [5, 5.41) is 10.9. The van der Waals surface area contributed by atoms with Crippen molar-refractivity contribution in [2.45, 2.75) is 25.7 Å². The van der Waals surface area contributed by atoms with Crippen LogP contribution in [0.4, 0.5) is 0 Å². The maximum Gasteiger partial charge on any atom is 0.322 e. The van der Waals surface area contributed by atoms with E-state index in [9.17, 15) is 9.59 Å². The number of carboxylic acid groups (broad SMARTS) is 1. The number of carbonyl (C=O) groups is 2. The minimum absolute atomic E-state index is 0.204. The van der Waals surface area contributed by atoms with Crippen molar-refractivity contribution in [3.8, 4) is 0 Å². The second-order valence-corrected chi connectivity index (χ2v) is 5.91. The molecule has 5 nitrogen and oxygen atoms in total. The van der Waals surface area contributed by atoms with Gasteiger partial charge in [-0.2, -0.15) is 0 Å². The van der Waals surface area contributed by atoms with Gasteiger partial charge in [0.15, 0.2) is 0 Å². The summed E-state index contributed by atoms with van der Waals surface area (Å²) < 4.78 is 0. The largest absolute Gasteiger partial charge is 0.480 e. The molecule has 0 radical (unpaired) electrons. The van der Waals surface area contributed by atoms with Gasteiger partial charge >= 0.3 is 5.97 Å². The number of aryl methyl sites for hydroxylation is 1. The molecule has 5 heteroatoms. The number of amides is 1. The number of aliphatic carboxylic acids is 1. The van der Waals surface area contributed by atoms with Crippen molar-refractivity contribution in [3.05, 3.63) is 35.9 Å². The first-order valence-corrected chi connectivity index (χ1v) is 7.88. The minimum Gasteiger partial charge on any atom is -0.480 e. The highest BCUT2D eigenvalue weighted by atomic mass is 16.4. The average molecular weight is 304 g/mol. The smallest absolute Gasteiger partial charge is 0.322 e. The Kier molecular flexibility index (Phi) is 6.40. The molecule has 0 saturated carbocycles. The van der Waals surface area contributed by atoms with Crippen molar-refractivity contribution in [1.82, 2.24) is 10.2 Å². The molecule has 1 aliphatic rings. The van der Waals surface area contributed by atoms with Gasteiger partial charge in [-0.3, -0.25) is 14.5 Å². The average Bonchev–Trinajstić information content (AvgIpc) is 2.53. The van der Waals surface area contributed by atoms with E-state index in [1.807, 2.05) is 6.07 Å². The second kappa shape index (κ2) is 8.54. The molecule has 1 aromatic carbocycles. The molecule has 1 aliphatic heterocycles. The minimum atomic E-state index is -1.01. The molecular formula is C17H24N2O3. The molecule has 0 unspecified atom stereocenters. The van der Waals surface area contributed by atoms with Gasteiger partial charge in [0.2, 0.25) is 5.91 Å². The van der Waals surface area contributed by atoms with Crippen molar-refractivity contribution < 1.29 is 14.7 Å². The molecule has 120 valence electrons. The number of hydrogen-bond donors (Lipinski definition) is 2. The molecule has 0 spiro atoms. The Morgan fingerprint density at radius 1 is 1.18 bits per heavy atom. The summed E-state index contributed by atoms with van der Waals surface area (Å²) >= 11 is 0. The number of carboxylic acids is 1. The van der Waals surface area contributed by atoms with Crippen LogP contribution in [0.2, 0.25) is 0 Å². The van der Waals surface area contributed by atoms with Crippen LogP contribution in [0.25, 0.3) is 0 Å². The van der Waals surface area contributed by atoms with Gasteiger partial charge in [-0.25, -0.2) is 0 Å². The first-order valence-electron chi connectivity index (χ1n) is 7.88. The Hall–Kier alpha value is -1.88. The number of likely N-dealkylation sites (tertiary alicyclic amines) is 1. The third-order valence-electron chi connectivity index (χ3n) is 4.20. The number of hydrogen-bond acceptors (Lipinski definition) is 3. The molecular weight excluding hydrogens is 280 g/mol. The van der Waals surface area contributed by atoms with E-state index in [1.165, 1.54) is 12.0 Å². The van der Waals surface area contributed by atoms with Crippen LogP contribution < -0.4 is 5.32 Å². The van der Waals surface area contributed by atoms with Gasteiger partial charge in [-0.1, -0.05) is 30.3 Å². The molecule has 0 aliphatic carbocycles. The Morgan fingerprint density at radius 3 is 2.50 bits per heavy atom. The van der Waals surface area contributed by atoms with Crippen LogP contribution in [0.1, 0.15) is 24.8 Å². The second-order valence-electron chi connectivity index (χ2n) is 5.91. The lowest BCUT2D eigenvalue weighted by Crippen LogP contribution is -2.42. The Bertz CT molecular complexity index is 482. The number of carbonyl (C=O) groups excluding carboxylic acids is 1. The first-order chi connectivity index (χ1) is 10.6. The van der Waals surface area contributed by atoms with Crippen LogP contribution in [0.5, 0.6) is 0 Å². The number of nitrogens with one attached hydrogen (secondary N) is 1. The molecule has 0 atom stereocenters. The maximum absolute atomic E-state index is 11.6. The molecule has 1 saturated heterocycles. The predicted octanol–water partition coefficient (Wildman–Crippen LogP) is 1.53. The molecule has 0 aromatic heterocycles. The highest BCUT2D eigenvalue weighted by Gasteiger charge is 2.20. The fourth-order valence-electron chi connectivity index (χ4n) is 2.88. The normalized spacial score (nSPS) is 16.4. The number of nitrogens with zero attached hydrogens (tertiary/aromatic N) is 1. The van der Waals surface area contributed by atoms with E-state index < -0.39 is 5.97 Å². The number of rotatable bonds is 7. The van der Waals surface area contributed by atoms with E-state index in [4.69, 9.17) is 5.11 Å². The maximum atomic E-state index is 11.6. The summed E-state index contributed by atoms with van der Waals surface area (Å²) in [4.78, 5) is 24.1. The Balaban J connectivity index is 1.63. The van der Waals surface area contributed by atoms with Crippen LogP contribution >= 0.6 is 0 Å². The van der Waals surface area contributed by atoms with Gasteiger partial charge in [0.1, 0.15) is 6.54 Å². The lowest BCUT2D eigenvalue weighted by atomic mass is 9.90. The van der Waals surface area contributed by atoms with Gasteiger partial charge in [0, 0.05) is 0 Å². The van der Waals surface area contributed by atoms with Crippen molar-refractivity contribution in [2.75, 3.05) is 26.2 Å². The Morgan fingerprint density at radius 2 is 1.86 bits per heavy atom. The SMILES string of the molecule is O=C(O)CNC(=O)CN1CCC(CCc2ccccc2)CC1. The summed E-state index contributed by atoms with van der Waals surface area (Å²) in [7, 11) is 0. The van der Waals surface area contributed by atoms with Crippen LogP contribution in [-0.4, -0.2) is 48.1 Å². The molecule has 1 amide bonds. The zero-order valence-corrected chi connectivity index (χ0v) is 12.8. The van der Waals surface area contributed by atoms with Crippen LogP contribution in [0.3, 0.4) is 0 Å². The first kappa shape index (κ1) is 16.5. The standard InChI is InChI=1S/C17H24N2O3/c20-16(18-12-17(21)22)13-19-10-8-15(9-11-19)7-6-14-4-2-1-3-5-14/h1-5,15H,6-13H2,(H,18,20)(H,21,22). The fraction of sp³-hybridized carbons (Fsp3) is 0.529. The van der Waals surface area contributed by atoms with Crippen LogP contribution in [0.15, 0.2) is 30.3 Å². The van der Waals surface area contributed by atoms with Gasteiger partial charge in [-0.15, -0.1) is 0 Å². The highest BCUT2D eigenvalue weighted by molar-refractivity contribution is 5.82. The molecule has 1 heterocycles. The highest BCUT2D eigenvalue weighted by Crippen LogP contribution is 2.22. The summed E-state index contributed by atoms with van der Waals surface area (Å²) in [6.07, 6.45) is 4.53. The molecule has 2 N–H and O–H groups in total. The third kappa shape index (κ3) is 5.85. The monoisotopic (exact) mass is 304 g/mol. The number of benzene rings is 1. The van der Waals surface area contributed by atoms with Crippen LogP contribution in [-0.2, 0) is 16.0 Å². The van der Waals surface area contributed by atoms with Crippen molar-refractivity contribution >= 4 is 11.9 Å². The van der Waals surface area contributed by atoms with E-state index in [2.05, 4.69) is 34.5 Å². The predicted molar refractivity (Wildman–Crippen MR) is 84.6 cm³/mol. The lowest BCUT2D eigenvalue weighted by molar-refractivity contribution is -0.138. The molecule has 2 rings (SSSR count). The van der Waals surface area contributed by atoms with E-state index >= 15 is 0 Å². The molecule has 1 fully saturated rings. The Labute approximate surface area is 131 Å². The quantitative estimate of drug-likeness (QED) is 0.801. The number of piperidine rings is 1. The van der Waals surface area contributed by atoms with E-state index in [-0.39, 0.29) is 12.5 Å².